The molecular weight excluding hydrogens is 222 g/mol. The maximum absolute atomic E-state index is 11.9. The van der Waals surface area contributed by atoms with Gasteiger partial charge in [0.15, 0.2) is 0 Å². The van der Waals surface area contributed by atoms with Gasteiger partial charge in [0.1, 0.15) is 0 Å². The molecule has 5 heteroatoms. The monoisotopic (exact) mass is 237 g/mol. The van der Waals surface area contributed by atoms with Gasteiger partial charge in [0.05, 0.1) is 12.2 Å². The Labute approximate surface area is 99.3 Å². The van der Waals surface area contributed by atoms with E-state index in [0.717, 1.165) is 0 Å². The number of aliphatic hydroxyl groups excluding tert-OH is 1. The summed E-state index contributed by atoms with van der Waals surface area (Å²) >= 11 is 0. The van der Waals surface area contributed by atoms with Crippen molar-refractivity contribution in [2.45, 2.75) is 6.92 Å². The molecule has 1 amide bonds. The molecule has 0 aliphatic rings. The SMILES string of the molecule is CCN(CCO)C(=O)c1ccc(C(=O)O)cc1. The molecule has 1 aromatic rings. The molecule has 0 unspecified atom stereocenters. The summed E-state index contributed by atoms with van der Waals surface area (Å²) in [7, 11) is 0. The number of carbonyl (C=O) groups excluding carboxylic acids is 1. The number of hydrogen-bond donors (Lipinski definition) is 2. The van der Waals surface area contributed by atoms with Crippen LogP contribution in [-0.2, 0) is 0 Å². The van der Waals surface area contributed by atoms with Crippen LogP contribution in [0, 0.1) is 0 Å². The van der Waals surface area contributed by atoms with Crippen molar-refractivity contribution in [3.63, 3.8) is 0 Å². The highest BCUT2D eigenvalue weighted by molar-refractivity contribution is 5.95. The van der Waals surface area contributed by atoms with Crippen LogP contribution in [0.1, 0.15) is 27.6 Å². The van der Waals surface area contributed by atoms with Crippen molar-refractivity contribution in [2.24, 2.45) is 0 Å². The number of rotatable bonds is 5. The minimum atomic E-state index is -1.02. The number of carboxylic acid groups (broad SMARTS) is 1. The van der Waals surface area contributed by atoms with Crippen molar-refractivity contribution in [3.8, 4) is 0 Å². The highest BCUT2D eigenvalue weighted by Crippen LogP contribution is 2.07. The normalized spacial score (nSPS) is 10.0. The van der Waals surface area contributed by atoms with E-state index in [2.05, 4.69) is 0 Å². The highest BCUT2D eigenvalue weighted by Gasteiger charge is 2.13. The molecule has 0 aromatic heterocycles. The van der Waals surface area contributed by atoms with Gasteiger partial charge in [-0.1, -0.05) is 0 Å². The number of benzene rings is 1. The summed E-state index contributed by atoms with van der Waals surface area (Å²) < 4.78 is 0. The van der Waals surface area contributed by atoms with Crippen molar-refractivity contribution in [1.82, 2.24) is 4.90 Å². The van der Waals surface area contributed by atoms with E-state index in [-0.39, 0.29) is 24.6 Å². The topological polar surface area (TPSA) is 77.8 Å². The summed E-state index contributed by atoms with van der Waals surface area (Å²) in [5, 5.41) is 17.5. The predicted octanol–water partition coefficient (Wildman–Crippen LogP) is 0.839. The predicted molar refractivity (Wildman–Crippen MR) is 62.1 cm³/mol. The van der Waals surface area contributed by atoms with E-state index in [9.17, 15) is 9.59 Å². The molecule has 1 aromatic carbocycles. The molecule has 17 heavy (non-hydrogen) atoms. The van der Waals surface area contributed by atoms with Gasteiger partial charge in [-0.05, 0) is 31.2 Å². The van der Waals surface area contributed by atoms with Crippen LogP contribution in [0.3, 0.4) is 0 Å². The van der Waals surface area contributed by atoms with E-state index < -0.39 is 5.97 Å². The number of aromatic carboxylic acids is 1. The highest BCUT2D eigenvalue weighted by atomic mass is 16.4. The van der Waals surface area contributed by atoms with Crippen LogP contribution in [-0.4, -0.2) is 46.7 Å². The summed E-state index contributed by atoms with van der Waals surface area (Å²) in [5.74, 6) is -1.23. The third-order valence-corrected chi connectivity index (χ3v) is 2.42. The lowest BCUT2D eigenvalue weighted by Crippen LogP contribution is -2.33. The van der Waals surface area contributed by atoms with E-state index in [1.54, 1.807) is 0 Å². The smallest absolute Gasteiger partial charge is 0.335 e. The molecule has 1 rings (SSSR count). The average molecular weight is 237 g/mol. The summed E-state index contributed by atoms with van der Waals surface area (Å²) in [5.41, 5.74) is 0.567. The van der Waals surface area contributed by atoms with E-state index in [1.165, 1.54) is 29.2 Å². The van der Waals surface area contributed by atoms with Crippen LogP contribution in [0.2, 0.25) is 0 Å². The second-order valence-corrected chi connectivity index (χ2v) is 3.49. The first-order chi connectivity index (χ1) is 8.10. The van der Waals surface area contributed by atoms with Crippen molar-refractivity contribution < 1.29 is 19.8 Å². The molecule has 92 valence electrons. The maximum atomic E-state index is 11.9. The van der Waals surface area contributed by atoms with Crippen LogP contribution in [0.4, 0.5) is 0 Å². The third kappa shape index (κ3) is 3.29. The Hall–Kier alpha value is -1.88. The summed E-state index contributed by atoms with van der Waals surface area (Å²) in [4.78, 5) is 24.1. The van der Waals surface area contributed by atoms with Gasteiger partial charge in [0, 0.05) is 18.7 Å². The zero-order chi connectivity index (χ0) is 12.8. The largest absolute Gasteiger partial charge is 0.478 e. The first-order valence-electron chi connectivity index (χ1n) is 5.33. The zero-order valence-corrected chi connectivity index (χ0v) is 9.59. The second-order valence-electron chi connectivity index (χ2n) is 3.49. The first-order valence-corrected chi connectivity index (χ1v) is 5.33. The lowest BCUT2D eigenvalue weighted by molar-refractivity contribution is 0.0692. The zero-order valence-electron chi connectivity index (χ0n) is 9.59. The minimum Gasteiger partial charge on any atom is -0.478 e. The number of amides is 1. The Balaban J connectivity index is 2.85. The van der Waals surface area contributed by atoms with E-state index >= 15 is 0 Å². The summed E-state index contributed by atoms with van der Waals surface area (Å²) in [6.45, 7) is 2.50. The van der Waals surface area contributed by atoms with Crippen LogP contribution in [0.5, 0.6) is 0 Å². The van der Waals surface area contributed by atoms with Crippen LogP contribution in [0.25, 0.3) is 0 Å². The van der Waals surface area contributed by atoms with Crippen LogP contribution in [0.15, 0.2) is 24.3 Å². The Bertz CT molecular complexity index is 399. The second kappa shape index (κ2) is 6.00. The third-order valence-electron chi connectivity index (χ3n) is 2.42. The minimum absolute atomic E-state index is 0.0905. The summed E-state index contributed by atoms with van der Waals surface area (Å²) in [6.07, 6.45) is 0. The average Bonchev–Trinajstić information content (AvgIpc) is 2.35. The molecule has 2 N–H and O–H groups in total. The van der Waals surface area contributed by atoms with Crippen LogP contribution >= 0.6 is 0 Å². The van der Waals surface area contributed by atoms with Crippen LogP contribution < -0.4 is 0 Å². The fourth-order valence-corrected chi connectivity index (χ4v) is 1.46. The van der Waals surface area contributed by atoms with Crippen molar-refractivity contribution >= 4 is 11.9 Å². The van der Waals surface area contributed by atoms with E-state index in [1.807, 2.05) is 6.92 Å². The number of nitrogens with zero attached hydrogens (tertiary/aromatic N) is 1. The lowest BCUT2D eigenvalue weighted by atomic mass is 10.1. The first kappa shape index (κ1) is 13.2. The van der Waals surface area contributed by atoms with Crippen molar-refractivity contribution in [2.75, 3.05) is 19.7 Å². The summed E-state index contributed by atoms with van der Waals surface area (Å²) in [6, 6.07) is 5.74. The molecule has 0 aliphatic carbocycles. The quantitative estimate of drug-likeness (QED) is 0.795. The van der Waals surface area contributed by atoms with Gasteiger partial charge in [0.25, 0.3) is 5.91 Å². The maximum Gasteiger partial charge on any atom is 0.335 e. The standard InChI is InChI=1S/C12H15NO4/c1-2-13(7-8-14)11(15)9-3-5-10(6-4-9)12(16)17/h3-6,14H,2,7-8H2,1H3,(H,16,17). The molecule has 0 radical (unpaired) electrons. The Morgan fingerprint density at radius 2 is 1.71 bits per heavy atom. The Kier molecular flexibility index (Phi) is 4.66. The molecule has 0 saturated carbocycles. The number of hydrogen-bond acceptors (Lipinski definition) is 3. The van der Waals surface area contributed by atoms with Gasteiger partial charge in [-0.15, -0.1) is 0 Å². The number of aliphatic hydroxyl groups is 1. The fourth-order valence-electron chi connectivity index (χ4n) is 1.46. The molecule has 0 bridgehead atoms. The van der Waals surface area contributed by atoms with Gasteiger partial charge in [0.2, 0.25) is 0 Å². The van der Waals surface area contributed by atoms with Gasteiger partial charge >= 0.3 is 5.97 Å². The fraction of sp³-hybridized carbons (Fsp3) is 0.333. The molecule has 0 fully saturated rings. The Morgan fingerprint density at radius 3 is 2.12 bits per heavy atom. The Morgan fingerprint density at radius 1 is 1.18 bits per heavy atom. The molecule has 5 nitrogen and oxygen atoms in total. The molecular formula is C12H15NO4. The molecule has 0 saturated heterocycles. The molecule has 0 heterocycles. The molecule has 0 spiro atoms. The van der Waals surface area contributed by atoms with Crippen molar-refractivity contribution in [1.29, 1.82) is 0 Å². The van der Waals surface area contributed by atoms with Gasteiger partial charge in [-0.25, -0.2) is 4.79 Å². The molecule has 0 atom stereocenters. The number of carboxylic acids is 1. The van der Waals surface area contributed by atoms with Gasteiger partial charge in [-0.3, -0.25) is 4.79 Å². The van der Waals surface area contributed by atoms with Crippen molar-refractivity contribution in [3.05, 3.63) is 35.4 Å². The molecule has 0 aliphatic heterocycles. The lowest BCUT2D eigenvalue weighted by Gasteiger charge is -2.19. The number of carbonyl (C=O) groups is 2. The van der Waals surface area contributed by atoms with Gasteiger partial charge < -0.3 is 15.1 Å². The van der Waals surface area contributed by atoms with Gasteiger partial charge in [-0.2, -0.15) is 0 Å². The number of likely N-dealkylation sites (N-methyl/N-ethyl adjacent to an activating group) is 1. The van der Waals surface area contributed by atoms with E-state index in [0.29, 0.717) is 12.1 Å². The van der Waals surface area contributed by atoms with E-state index in [4.69, 9.17) is 10.2 Å².